The average Bonchev–Trinajstić information content (AvgIpc) is 3.92. The normalized spacial score (nSPS) is 17.9. The Balaban J connectivity index is 0.756. The summed E-state index contributed by atoms with van der Waals surface area (Å²) in [6.45, 7) is 11.6. The highest BCUT2D eigenvalue weighted by atomic mass is 32.2. The van der Waals surface area contributed by atoms with E-state index in [9.17, 15) is 24.0 Å². The summed E-state index contributed by atoms with van der Waals surface area (Å²) in [7, 11) is 0. The van der Waals surface area contributed by atoms with Crippen molar-refractivity contribution < 1.29 is 37.9 Å². The van der Waals surface area contributed by atoms with Gasteiger partial charge in [0.1, 0.15) is 11.8 Å². The number of amides is 5. The van der Waals surface area contributed by atoms with Crippen LogP contribution in [0, 0.1) is 5.92 Å². The van der Waals surface area contributed by atoms with Crippen molar-refractivity contribution in [1.29, 1.82) is 0 Å². The van der Waals surface area contributed by atoms with E-state index in [-0.39, 0.29) is 41.2 Å². The van der Waals surface area contributed by atoms with E-state index in [1.54, 1.807) is 42.4 Å². The van der Waals surface area contributed by atoms with Crippen LogP contribution in [0.1, 0.15) is 105 Å². The van der Waals surface area contributed by atoms with Gasteiger partial charge in [0, 0.05) is 36.6 Å². The molecule has 6 rings (SSSR count). The number of aromatic nitrogens is 2. The van der Waals surface area contributed by atoms with Crippen LogP contribution >= 0.6 is 23.1 Å². The summed E-state index contributed by atoms with van der Waals surface area (Å²) in [5.41, 5.74) is 0.888. The molecule has 17 heteroatoms. The minimum Gasteiger partial charge on any atom is -0.444 e. The van der Waals surface area contributed by atoms with Gasteiger partial charge >= 0.3 is 0 Å². The van der Waals surface area contributed by atoms with Gasteiger partial charge in [0.15, 0.2) is 5.13 Å². The van der Waals surface area contributed by atoms with Crippen molar-refractivity contribution in [2.45, 2.75) is 93.6 Å². The highest BCUT2D eigenvalue weighted by molar-refractivity contribution is 8.00. The Kier molecular flexibility index (Phi) is 14.9. The van der Waals surface area contributed by atoms with E-state index in [0.29, 0.717) is 55.4 Å². The van der Waals surface area contributed by atoms with Crippen molar-refractivity contribution in [3.63, 3.8) is 0 Å². The van der Waals surface area contributed by atoms with E-state index in [4.69, 9.17) is 13.9 Å². The first kappa shape index (κ1) is 42.4. The fourth-order valence-corrected chi connectivity index (χ4v) is 8.73. The van der Waals surface area contributed by atoms with Gasteiger partial charge in [-0.3, -0.25) is 34.2 Å². The fraction of sp³-hybridized carbons (Fsp3) is 0.575. The van der Waals surface area contributed by atoms with Crippen LogP contribution in [0.25, 0.3) is 0 Å². The maximum atomic E-state index is 13.2. The molecule has 15 nitrogen and oxygen atoms in total. The van der Waals surface area contributed by atoms with Gasteiger partial charge in [0.2, 0.25) is 23.6 Å². The number of carbonyl (C=O) groups is 5. The molecule has 3 aromatic rings. The van der Waals surface area contributed by atoms with Crippen molar-refractivity contribution in [2.24, 2.45) is 5.92 Å². The van der Waals surface area contributed by atoms with E-state index in [1.807, 2.05) is 0 Å². The number of carbonyl (C=O) groups excluding carboxylic acids is 5. The molecule has 308 valence electrons. The van der Waals surface area contributed by atoms with E-state index in [2.05, 4.69) is 51.6 Å². The van der Waals surface area contributed by atoms with Crippen LogP contribution in [0.4, 0.5) is 10.8 Å². The molecule has 0 aliphatic carbocycles. The van der Waals surface area contributed by atoms with Crippen LogP contribution < -0.4 is 16.0 Å². The number of ether oxygens (including phenoxy) is 2. The molecular weight excluding hydrogens is 771 g/mol. The largest absolute Gasteiger partial charge is 0.444 e. The van der Waals surface area contributed by atoms with Gasteiger partial charge in [-0.05, 0) is 63.9 Å². The van der Waals surface area contributed by atoms with Crippen molar-refractivity contribution in [3.8, 4) is 0 Å². The van der Waals surface area contributed by atoms with Gasteiger partial charge < -0.3 is 29.4 Å². The molecular formula is C40H53N7O8S2. The number of imide groups is 2. The van der Waals surface area contributed by atoms with E-state index >= 15 is 0 Å². The Bertz CT molecular complexity index is 1880. The Labute approximate surface area is 341 Å². The molecule has 0 saturated carbocycles. The standard InChI is InChI=1S/C40H53N7O8S2/c1-40(2,3)30-23-42-32(55-30)25-56-33-24-43-39(57-33)45-35(49)26-13-17-46(18-14-26)16-6-4-5-7-19-53-21-22-54-20-15-41-28-10-8-9-27-34(28)38(52)47(37(27)51)29-11-12-31(48)44-36(29)50/h8-10,23-24,26,29,41H,4-7,11-22,25H2,1-3H3,(H,43,45,49)(H,44,48,50). The number of oxazole rings is 1. The zero-order valence-electron chi connectivity index (χ0n) is 32.9. The number of thioether (sulfide) groups is 1. The van der Waals surface area contributed by atoms with Crippen LogP contribution in [-0.4, -0.2) is 108 Å². The van der Waals surface area contributed by atoms with E-state index in [0.717, 1.165) is 73.0 Å². The lowest BCUT2D eigenvalue weighted by Gasteiger charge is -2.31. The highest BCUT2D eigenvalue weighted by Gasteiger charge is 2.45. The highest BCUT2D eigenvalue weighted by Crippen LogP contribution is 2.34. The molecule has 2 aromatic heterocycles. The topological polar surface area (TPSA) is 185 Å². The molecule has 2 saturated heterocycles. The van der Waals surface area contributed by atoms with Crippen molar-refractivity contribution >= 4 is 63.5 Å². The zero-order chi connectivity index (χ0) is 40.4. The van der Waals surface area contributed by atoms with Gasteiger partial charge in [0.05, 0.1) is 53.3 Å². The number of benzene rings is 1. The first-order valence-corrected chi connectivity index (χ1v) is 21.6. The molecule has 0 radical (unpaired) electrons. The molecule has 3 aliphatic heterocycles. The smallest absolute Gasteiger partial charge is 0.264 e. The molecule has 57 heavy (non-hydrogen) atoms. The summed E-state index contributed by atoms with van der Waals surface area (Å²) < 4.78 is 18.3. The van der Waals surface area contributed by atoms with Crippen LogP contribution in [-0.2, 0) is 35.0 Å². The lowest BCUT2D eigenvalue weighted by Crippen LogP contribution is -2.54. The predicted octanol–water partition coefficient (Wildman–Crippen LogP) is 5.48. The number of thiazole rings is 1. The van der Waals surface area contributed by atoms with Crippen LogP contribution in [0.5, 0.6) is 0 Å². The number of likely N-dealkylation sites (tertiary alicyclic amines) is 1. The third kappa shape index (κ3) is 11.5. The zero-order valence-corrected chi connectivity index (χ0v) is 34.6. The second-order valence-corrected chi connectivity index (χ2v) is 17.8. The van der Waals surface area contributed by atoms with Gasteiger partial charge in [-0.25, -0.2) is 9.97 Å². The molecule has 5 heterocycles. The Morgan fingerprint density at radius 3 is 2.49 bits per heavy atom. The molecule has 2 fully saturated rings. The third-order valence-electron chi connectivity index (χ3n) is 10.2. The van der Waals surface area contributed by atoms with Crippen molar-refractivity contribution in [2.75, 3.05) is 63.2 Å². The second kappa shape index (κ2) is 20.0. The average molecular weight is 824 g/mol. The lowest BCUT2D eigenvalue weighted by molar-refractivity contribution is -0.136. The van der Waals surface area contributed by atoms with Crippen molar-refractivity contribution in [1.82, 2.24) is 25.1 Å². The first-order chi connectivity index (χ1) is 27.5. The van der Waals surface area contributed by atoms with Gasteiger partial charge in [0.25, 0.3) is 11.8 Å². The molecule has 3 aliphatic rings. The summed E-state index contributed by atoms with van der Waals surface area (Å²) in [6, 6.07) is 3.97. The molecule has 0 spiro atoms. The summed E-state index contributed by atoms with van der Waals surface area (Å²) in [6.07, 6.45) is 9.81. The summed E-state index contributed by atoms with van der Waals surface area (Å²) in [5, 5.41) is 9.04. The van der Waals surface area contributed by atoms with E-state index in [1.165, 1.54) is 11.3 Å². The Hall–Kier alpha value is -4.16. The molecule has 3 N–H and O–H groups in total. The number of piperidine rings is 2. The van der Waals surface area contributed by atoms with Crippen LogP contribution in [0.2, 0.25) is 0 Å². The van der Waals surface area contributed by atoms with Crippen LogP contribution in [0.15, 0.2) is 39.2 Å². The molecule has 1 unspecified atom stereocenters. The summed E-state index contributed by atoms with van der Waals surface area (Å²) >= 11 is 3.08. The molecule has 1 aromatic carbocycles. The SMILES string of the molecule is CC(C)(C)c1cnc(CSc2cnc(NC(=O)C3CCN(CCCCCCOCCOCCNc4cccc5c4C(=O)N(C4CCC(=O)NC4=O)C5=O)CC3)s2)o1. The molecule has 5 amide bonds. The third-order valence-corrected chi connectivity index (χ3v) is 12.3. The Morgan fingerprint density at radius 1 is 0.965 bits per heavy atom. The number of rotatable bonds is 20. The Morgan fingerprint density at radius 2 is 1.74 bits per heavy atom. The number of hydrogen-bond donors (Lipinski definition) is 3. The molecule has 0 bridgehead atoms. The maximum Gasteiger partial charge on any atom is 0.264 e. The maximum absolute atomic E-state index is 13.2. The first-order valence-electron chi connectivity index (χ1n) is 19.8. The number of anilines is 2. The predicted molar refractivity (Wildman–Crippen MR) is 216 cm³/mol. The van der Waals surface area contributed by atoms with Gasteiger partial charge in [-0.1, -0.05) is 51.0 Å². The number of fused-ring (bicyclic) bond motifs is 1. The molecule has 1 atom stereocenters. The summed E-state index contributed by atoms with van der Waals surface area (Å²) in [4.78, 5) is 75.3. The van der Waals surface area contributed by atoms with Crippen molar-refractivity contribution in [3.05, 3.63) is 53.4 Å². The summed E-state index contributed by atoms with van der Waals surface area (Å²) in [5.74, 6) is 0.109. The van der Waals surface area contributed by atoms with Gasteiger partial charge in [-0.2, -0.15) is 0 Å². The fourth-order valence-electron chi connectivity index (χ4n) is 7.00. The minimum absolute atomic E-state index is 0.00361. The lowest BCUT2D eigenvalue weighted by atomic mass is 9.94. The number of nitrogens with one attached hydrogen (secondary N) is 3. The monoisotopic (exact) mass is 823 g/mol. The second-order valence-electron chi connectivity index (χ2n) is 15.5. The van der Waals surface area contributed by atoms with Gasteiger partial charge in [-0.15, -0.1) is 11.8 Å². The quantitative estimate of drug-likeness (QED) is 0.0740. The number of nitrogens with zero attached hydrogens (tertiary/aromatic N) is 4. The number of hydrogen-bond acceptors (Lipinski definition) is 14. The van der Waals surface area contributed by atoms with Crippen LogP contribution in [0.3, 0.4) is 0 Å². The number of unbranched alkanes of at least 4 members (excludes halogenated alkanes) is 3. The minimum atomic E-state index is -1.00. The van der Waals surface area contributed by atoms with E-state index < -0.39 is 29.7 Å².